The Bertz CT molecular complexity index is 621. The number of amides is 2. The van der Waals surface area contributed by atoms with Gasteiger partial charge in [0.05, 0.1) is 18.0 Å². The molecule has 1 aromatic rings. The molecule has 2 atom stereocenters. The fraction of sp³-hybridized carbons (Fsp3) is 0.600. The van der Waals surface area contributed by atoms with Crippen molar-refractivity contribution < 1.29 is 13.2 Å². The zero-order valence-corrected chi connectivity index (χ0v) is 14.3. The van der Waals surface area contributed by atoms with Crippen LogP contribution in [0.15, 0.2) is 24.4 Å². The van der Waals surface area contributed by atoms with Crippen LogP contribution in [0, 0.1) is 0 Å². The summed E-state index contributed by atoms with van der Waals surface area (Å²) < 4.78 is 25.0. The van der Waals surface area contributed by atoms with Crippen LogP contribution < -0.4 is 10.0 Å². The summed E-state index contributed by atoms with van der Waals surface area (Å²) in [5.74, 6) is 0. The van der Waals surface area contributed by atoms with Crippen LogP contribution in [0.25, 0.3) is 0 Å². The predicted octanol–water partition coefficient (Wildman–Crippen LogP) is 1.26. The molecule has 2 unspecified atom stereocenters. The molecule has 23 heavy (non-hydrogen) atoms. The van der Waals surface area contributed by atoms with Gasteiger partial charge in [0.15, 0.2) is 0 Å². The SMILES string of the molecule is CC(NC(=O)N1CCCCC1CNS(C)(=O)=O)c1ccccn1. The van der Waals surface area contributed by atoms with Crippen LogP contribution >= 0.6 is 0 Å². The monoisotopic (exact) mass is 340 g/mol. The lowest BCUT2D eigenvalue weighted by molar-refractivity contribution is 0.149. The third kappa shape index (κ3) is 5.47. The second-order valence-corrected chi connectivity index (χ2v) is 7.72. The molecule has 0 saturated carbocycles. The number of nitrogens with zero attached hydrogens (tertiary/aromatic N) is 2. The van der Waals surface area contributed by atoms with Crippen LogP contribution in [0.2, 0.25) is 0 Å². The number of rotatable bonds is 5. The molecule has 1 saturated heterocycles. The number of piperidine rings is 1. The number of likely N-dealkylation sites (tertiary alicyclic amines) is 1. The molecule has 2 rings (SSSR count). The average Bonchev–Trinajstić information content (AvgIpc) is 2.53. The van der Waals surface area contributed by atoms with E-state index in [4.69, 9.17) is 0 Å². The first-order valence-corrected chi connectivity index (χ1v) is 9.68. The van der Waals surface area contributed by atoms with E-state index >= 15 is 0 Å². The molecule has 0 radical (unpaired) electrons. The van der Waals surface area contributed by atoms with Crippen molar-refractivity contribution in [2.75, 3.05) is 19.3 Å². The fourth-order valence-electron chi connectivity index (χ4n) is 2.70. The minimum atomic E-state index is -3.26. The molecule has 0 aromatic carbocycles. The summed E-state index contributed by atoms with van der Waals surface area (Å²) in [6, 6.07) is 5.08. The maximum absolute atomic E-state index is 12.5. The highest BCUT2D eigenvalue weighted by Crippen LogP contribution is 2.18. The Kier molecular flexibility index (Phi) is 5.95. The highest BCUT2D eigenvalue weighted by atomic mass is 32.2. The maximum atomic E-state index is 12.5. The zero-order chi connectivity index (χ0) is 16.9. The average molecular weight is 340 g/mol. The van der Waals surface area contributed by atoms with E-state index in [2.05, 4.69) is 15.0 Å². The van der Waals surface area contributed by atoms with Crippen LogP contribution in [0.5, 0.6) is 0 Å². The van der Waals surface area contributed by atoms with E-state index in [-0.39, 0.29) is 24.7 Å². The minimum absolute atomic E-state index is 0.116. The van der Waals surface area contributed by atoms with E-state index < -0.39 is 10.0 Å². The summed E-state index contributed by atoms with van der Waals surface area (Å²) >= 11 is 0. The molecule has 1 aliphatic rings. The first kappa shape index (κ1) is 17.7. The van der Waals surface area contributed by atoms with Gasteiger partial charge in [-0.15, -0.1) is 0 Å². The molecule has 7 nitrogen and oxygen atoms in total. The van der Waals surface area contributed by atoms with Crippen molar-refractivity contribution in [2.24, 2.45) is 0 Å². The second-order valence-electron chi connectivity index (χ2n) is 5.89. The number of carbonyl (C=O) groups is 1. The Morgan fingerprint density at radius 3 is 2.87 bits per heavy atom. The molecule has 0 spiro atoms. The van der Waals surface area contributed by atoms with E-state index in [0.717, 1.165) is 31.2 Å². The second kappa shape index (κ2) is 7.74. The van der Waals surface area contributed by atoms with Gasteiger partial charge in [-0.2, -0.15) is 0 Å². The molecule has 1 aliphatic heterocycles. The largest absolute Gasteiger partial charge is 0.330 e. The molecule has 128 valence electrons. The van der Waals surface area contributed by atoms with Crippen molar-refractivity contribution in [3.8, 4) is 0 Å². The number of pyridine rings is 1. The smallest absolute Gasteiger partial charge is 0.318 e. The summed E-state index contributed by atoms with van der Waals surface area (Å²) in [5.41, 5.74) is 0.795. The first-order valence-electron chi connectivity index (χ1n) is 7.79. The summed E-state index contributed by atoms with van der Waals surface area (Å²) in [7, 11) is -3.26. The van der Waals surface area contributed by atoms with Crippen molar-refractivity contribution in [2.45, 2.75) is 38.3 Å². The molecular weight excluding hydrogens is 316 g/mol. The Balaban J connectivity index is 1.97. The Morgan fingerprint density at radius 1 is 1.43 bits per heavy atom. The molecule has 8 heteroatoms. The molecular formula is C15H24N4O3S. The summed E-state index contributed by atoms with van der Waals surface area (Å²) in [6.45, 7) is 2.77. The van der Waals surface area contributed by atoms with Crippen LogP contribution in [-0.4, -0.2) is 49.7 Å². The third-order valence-corrected chi connectivity index (χ3v) is 4.63. The van der Waals surface area contributed by atoms with Crippen LogP contribution in [0.1, 0.15) is 37.9 Å². The normalized spacial score (nSPS) is 20.1. The first-order chi connectivity index (χ1) is 10.9. The van der Waals surface area contributed by atoms with Gasteiger partial charge >= 0.3 is 6.03 Å². The van der Waals surface area contributed by atoms with Gasteiger partial charge in [0, 0.05) is 25.3 Å². The quantitative estimate of drug-likeness (QED) is 0.844. The Labute approximate surface area is 137 Å². The molecule has 0 bridgehead atoms. The van der Waals surface area contributed by atoms with Crippen molar-refractivity contribution in [3.63, 3.8) is 0 Å². The number of urea groups is 1. The molecule has 2 heterocycles. The van der Waals surface area contributed by atoms with Crippen molar-refractivity contribution >= 4 is 16.1 Å². The lowest BCUT2D eigenvalue weighted by Gasteiger charge is -2.36. The van der Waals surface area contributed by atoms with Crippen molar-refractivity contribution in [3.05, 3.63) is 30.1 Å². The lowest BCUT2D eigenvalue weighted by Crippen LogP contribution is -2.53. The van der Waals surface area contributed by atoms with Crippen molar-refractivity contribution in [1.29, 1.82) is 0 Å². The molecule has 2 amide bonds. The summed E-state index contributed by atoms with van der Waals surface area (Å²) in [4.78, 5) is 18.5. The maximum Gasteiger partial charge on any atom is 0.318 e. The van der Waals surface area contributed by atoms with E-state index in [1.807, 2.05) is 25.1 Å². The van der Waals surface area contributed by atoms with Gasteiger partial charge in [-0.1, -0.05) is 6.07 Å². The zero-order valence-electron chi connectivity index (χ0n) is 13.5. The Morgan fingerprint density at radius 2 is 2.22 bits per heavy atom. The summed E-state index contributed by atoms with van der Waals surface area (Å²) in [6.07, 6.45) is 5.55. The highest BCUT2D eigenvalue weighted by molar-refractivity contribution is 7.88. The van der Waals surface area contributed by atoms with Gasteiger partial charge in [-0.25, -0.2) is 17.9 Å². The molecule has 1 fully saturated rings. The van der Waals surface area contributed by atoms with Crippen molar-refractivity contribution in [1.82, 2.24) is 19.9 Å². The van der Waals surface area contributed by atoms with Gasteiger partial charge in [0.25, 0.3) is 0 Å². The van der Waals surface area contributed by atoms with Gasteiger partial charge in [0.2, 0.25) is 10.0 Å². The van der Waals surface area contributed by atoms with Crippen LogP contribution in [0.4, 0.5) is 4.79 Å². The lowest BCUT2D eigenvalue weighted by atomic mass is 10.0. The number of sulfonamides is 1. The topological polar surface area (TPSA) is 91.4 Å². The van der Waals surface area contributed by atoms with Crippen LogP contribution in [0.3, 0.4) is 0 Å². The standard InChI is InChI=1S/C15H24N4O3S/c1-12(14-8-3-5-9-16-14)18-15(20)19-10-6-4-7-13(19)11-17-23(2,21)22/h3,5,8-9,12-13,17H,4,6-7,10-11H2,1-2H3,(H,18,20). The Hall–Kier alpha value is -1.67. The molecule has 2 N–H and O–H groups in total. The third-order valence-electron chi connectivity index (χ3n) is 3.94. The van der Waals surface area contributed by atoms with E-state index in [9.17, 15) is 13.2 Å². The minimum Gasteiger partial charge on any atom is -0.330 e. The number of nitrogens with one attached hydrogen (secondary N) is 2. The number of aromatic nitrogens is 1. The predicted molar refractivity (Wildman–Crippen MR) is 88.4 cm³/mol. The highest BCUT2D eigenvalue weighted by Gasteiger charge is 2.28. The molecule has 0 aliphatic carbocycles. The number of hydrogen-bond donors (Lipinski definition) is 2. The number of carbonyl (C=O) groups excluding carboxylic acids is 1. The van der Waals surface area contributed by atoms with Gasteiger partial charge in [-0.05, 0) is 38.3 Å². The fourth-order valence-corrected chi connectivity index (χ4v) is 3.20. The number of hydrogen-bond acceptors (Lipinski definition) is 4. The van der Waals surface area contributed by atoms with E-state index in [1.54, 1.807) is 11.1 Å². The van der Waals surface area contributed by atoms with Gasteiger partial charge in [0.1, 0.15) is 0 Å². The van der Waals surface area contributed by atoms with Gasteiger partial charge in [-0.3, -0.25) is 4.98 Å². The molecule has 1 aromatic heterocycles. The van der Waals surface area contributed by atoms with Gasteiger partial charge < -0.3 is 10.2 Å². The summed E-state index contributed by atoms with van der Waals surface area (Å²) in [5, 5.41) is 2.94. The van der Waals surface area contributed by atoms with E-state index in [1.165, 1.54) is 0 Å². The van der Waals surface area contributed by atoms with E-state index in [0.29, 0.717) is 6.54 Å². The van der Waals surface area contributed by atoms with Crippen LogP contribution in [-0.2, 0) is 10.0 Å².